The lowest BCUT2D eigenvalue weighted by molar-refractivity contribution is 0.199. The van der Waals surface area contributed by atoms with Crippen molar-refractivity contribution in [3.05, 3.63) is 41.5 Å². The molecule has 1 aromatic carbocycles. The molecule has 0 radical (unpaired) electrons. The van der Waals surface area contributed by atoms with E-state index < -0.39 is 0 Å². The highest BCUT2D eigenvalue weighted by Gasteiger charge is 2.27. The molecule has 3 aliphatic rings. The first kappa shape index (κ1) is 17.2. The van der Waals surface area contributed by atoms with E-state index in [9.17, 15) is 0 Å². The molecule has 1 saturated carbocycles. The molecule has 2 aliphatic heterocycles. The van der Waals surface area contributed by atoms with Crippen LogP contribution in [0.25, 0.3) is 0 Å². The molecule has 1 N–H and O–H groups in total. The number of ether oxygens (including phenoxy) is 1. The van der Waals surface area contributed by atoms with Gasteiger partial charge in [0.2, 0.25) is 0 Å². The van der Waals surface area contributed by atoms with Crippen LogP contribution in [0.2, 0.25) is 0 Å². The van der Waals surface area contributed by atoms with Gasteiger partial charge in [-0.3, -0.25) is 4.90 Å². The summed E-state index contributed by atoms with van der Waals surface area (Å²) in [6.45, 7) is 7.05. The SMILES string of the molecule is c1cc(OCC2CC2)ccc1CN1CCC(c2nnc3n2CCNC3)CC1. The van der Waals surface area contributed by atoms with Gasteiger partial charge in [-0.2, -0.15) is 0 Å². The molecule has 6 nitrogen and oxygen atoms in total. The van der Waals surface area contributed by atoms with Crippen molar-refractivity contribution in [1.29, 1.82) is 0 Å². The maximum Gasteiger partial charge on any atom is 0.147 e. The van der Waals surface area contributed by atoms with Crippen LogP contribution in [0.15, 0.2) is 24.3 Å². The Hall–Kier alpha value is -1.92. The van der Waals surface area contributed by atoms with Crippen LogP contribution < -0.4 is 10.1 Å². The van der Waals surface area contributed by atoms with Crippen molar-refractivity contribution in [2.24, 2.45) is 5.92 Å². The Morgan fingerprint density at radius 2 is 1.81 bits per heavy atom. The van der Waals surface area contributed by atoms with Gasteiger partial charge >= 0.3 is 0 Å². The highest BCUT2D eigenvalue weighted by atomic mass is 16.5. The molecular formula is C21H29N5O. The molecule has 0 spiro atoms. The Kier molecular flexibility index (Phi) is 4.84. The van der Waals surface area contributed by atoms with E-state index in [1.165, 1.54) is 37.1 Å². The summed E-state index contributed by atoms with van der Waals surface area (Å²) >= 11 is 0. The third-order valence-electron chi connectivity index (χ3n) is 6.12. The largest absolute Gasteiger partial charge is 0.493 e. The molecule has 27 heavy (non-hydrogen) atoms. The van der Waals surface area contributed by atoms with E-state index in [1.54, 1.807) is 0 Å². The first-order chi connectivity index (χ1) is 13.3. The Balaban J connectivity index is 1.13. The second-order valence-electron chi connectivity index (χ2n) is 8.25. The molecule has 0 unspecified atom stereocenters. The second kappa shape index (κ2) is 7.60. The molecule has 2 fully saturated rings. The van der Waals surface area contributed by atoms with Crippen LogP contribution in [0.4, 0.5) is 0 Å². The Labute approximate surface area is 160 Å². The van der Waals surface area contributed by atoms with Crippen LogP contribution >= 0.6 is 0 Å². The van der Waals surface area contributed by atoms with E-state index in [2.05, 4.69) is 49.2 Å². The number of hydrogen-bond donors (Lipinski definition) is 1. The monoisotopic (exact) mass is 367 g/mol. The van der Waals surface area contributed by atoms with Crippen LogP contribution in [-0.4, -0.2) is 45.9 Å². The van der Waals surface area contributed by atoms with E-state index in [0.717, 1.165) is 63.4 Å². The maximum atomic E-state index is 5.84. The van der Waals surface area contributed by atoms with Gasteiger partial charge in [0.1, 0.15) is 17.4 Å². The standard InChI is InChI=1S/C21H29N5O/c1-2-17(1)15-27-19-5-3-16(4-6-19)14-25-10-7-18(8-11-25)21-24-23-20-13-22-9-12-26(20)21/h3-6,17-18,22H,1-2,7-15H2. The van der Waals surface area contributed by atoms with Gasteiger partial charge in [0.05, 0.1) is 13.2 Å². The molecule has 144 valence electrons. The number of nitrogens with one attached hydrogen (secondary N) is 1. The van der Waals surface area contributed by atoms with Gasteiger partial charge < -0.3 is 14.6 Å². The van der Waals surface area contributed by atoms with Gasteiger partial charge in [0.25, 0.3) is 0 Å². The van der Waals surface area contributed by atoms with Crippen molar-refractivity contribution in [2.45, 2.75) is 51.2 Å². The topological polar surface area (TPSA) is 55.2 Å². The van der Waals surface area contributed by atoms with Crippen LogP contribution in [0.3, 0.4) is 0 Å². The summed E-state index contributed by atoms with van der Waals surface area (Å²) in [6.07, 6.45) is 5.02. The number of fused-ring (bicyclic) bond motifs is 1. The van der Waals surface area contributed by atoms with E-state index in [0.29, 0.717) is 5.92 Å². The van der Waals surface area contributed by atoms with Gasteiger partial charge in [0, 0.05) is 25.6 Å². The minimum atomic E-state index is 0.554. The summed E-state index contributed by atoms with van der Waals surface area (Å²) < 4.78 is 8.19. The summed E-state index contributed by atoms with van der Waals surface area (Å²) in [6, 6.07) is 8.69. The van der Waals surface area contributed by atoms with Crippen molar-refractivity contribution in [3.63, 3.8) is 0 Å². The third-order valence-corrected chi connectivity index (χ3v) is 6.12. The predicted molar refractivity (Wildman–Crippen MR) is 104 cm³/mol. The number of piperidine rings is 1. The first-order valence-corrected chi connectivity index (χ1v) is 10.4. The number of likely N-dealkylation sites (tertiary alicyclic amines) is 1. The van der Waals surface area contributed by atoms with Crippen LogP contribution in [-0.2, 0) is 19.6 Å². The molecular weight excluding hydrogens is 338 g/mol. The van der Waals surface area contributed by atoms with Crippen LogP contribution in [0.5, 0.6) is 5.75 Å². The van der Waals surface area contributed by atoms with Gasteiger partial charge in [0.15, 0.2) is 0 Å². The maximum absolute atomic E-state index is 5.84. The Morgan fingerprint density at radius 3 is 2.59 bits per heavy atom. The minimum absolute atomic E-state index is 0.554. The summed E-state index contributed by atoms with van der Waals surface area (Å²) in [4.78, 5) is 2.56. The van der Waals surface area contributed by atoms with Gasteiger partial charge in [-0.25, -0.2) is 0 Å². The third kappa shape index (κ3) is 4.01. The zero-order valence-electron chi connectivity index (χ0n) is 15.9. The fourth-order valence-electron chi connectivity index (χ4n) is 4.21. The smallest absolute Gasteiger partial charge is 0.147 e. The molecule has 0 amide bonds. The number of benzene rings is 1. The molecule has 5 rings (SSSR count). The fraction of sp³-hybridized carbons (Fsp3) is 0.619. The van der Waals surface area contributed by atoms with Crippen molar-refractivity contribution in [1.82, 2.24) is 25.0 Å². The molecule has 3 heterocycles. The summed E-state index contributed by atoms with van der Waals surface area (Å²) in [5, 5.41) is 12.3. The van der Waals surface area contributed by atoms with Gasteiger partial charge in [-0.1, -0.05) is 12.1 Å². The van der Waals surface area contributed by atoms with Crippen LogP contribution in [0, 0.1) is 5.92 Å². The van der Waals surface area contributed by atoms with E-state index in [4.69, 9.17) is 4.74 Å². The quantitative estimate of drug-likeness (QED) is 0.850. The number of rotatable bonds is 6. The predicted octanol–water partition coefficient (Wildman–Crippen LogP) is 2.55. The highest BCUT2D eigenvalue weighted by molar-refractivity contribution is 5.27. The first-order valence-electron chi connectivity index (χ1n) is 10.4. The highest BCUT2D eigenvalue weighted by Crippen LogP contribution is 2.30. The Morgan fingerprint density at radius 1 is 1.00 bits per heavy atom. The van der Waals surface area contributed by atoms with Crippen molar-refractivity contribution in [3.8, 4) is 5.75 Å². The van der Waals surface area contributed by atoms with E-state index >= 15 is 0 Å². The second-order valence-corrected chi connectivity index (χ2v) is 8.25. The molecule has 0 bridgehead atoms. The van der Waals surface area contributed by atoms with Crippen LogP contribution in [0.1, 0.15) is 48.8 Å². The Bertz CT molecular complexity index is 759. The average Bonchev–Trinajstić information content (AvgIpc) is 3.45. The number of hydrogen-bond acceptors (Lipinski definition) is 5. The number of aromatic nitrogens is 3. The molecule has 0 atom stereocenters. The molecule has 1 aliphatic carbocycles. The van der Waals surface area contributed by atoms with Crippen molar-refractivity contribution in [2.75, 3.05) is 26.2 Å². The lowest BCUT2D eigenvalue weighted by Gasteiger charge is -2.32. The average molecular weight is 367 g/mol. The molecule has 2 aromatic rings. The lowest BCUT2D eigenvalue weighted by Crippen LogP contribution is -2.34. The molecule has 1 saturated heterocycles. The minimum Gasteiger partial charge on any atom is -0.493 e. The zero-order chi connectivity index (χ0) is 18.1. The molecule has 1 aromatic heterocycles. The van der Waals surface area contributed by atoms with Gasteiger partial charge in [-0.05, 0) is 62.4 Å². The normalized spacial score (nSPS) is 21.2. The zero-order valence-corrected chi connectivity index (χ0v) is 15.9. The summed E-state index contributed by atoms with van der Waals surface area (Å²) in [5.74, 6) is 4.68. The lowest BCUT2D eigenvalue weighted by atomic mass is 9.95. The molecule has 6 heteroatoms. The van der Waals surface area contributed by atoms with Crippen molar-refractivity contribution >= 4 is 0 Å². The summed E-state index contributed by atoms with van der Waals surface area (Å²) in [7, 11) is 0. The fourth-order valence-corrected chi connectivity index (χ4v) is 4.21. The van der Waals surface area contributed by atoms with Gasteiger partial charge in [-0.15, -0.1) is 10.2 Å². The van der Waals surface area contributed by atoms with E-state index in [-0.39, 0.29) is 0 Å². The van der Waals surface area contributed by atoms with Crippen molar-refractivity contribution < 1.29 is 4.74 Å². The number of nitrogens with zero attached hydrogens (tertiary/aromatic N) is 4. The summed E-state index contributed by atoms with van der Waals surface area (Å²) in [5.41, 5.74) is 1.37. The van der Waals surface area contributed by atoms with E-state index in [1.807, 2.05) is 0 Å².